The summed E-state index contributed by atoms with van der Waals surface area (Å²) in [4.78, 5) is 11.4. The molecule has 0 atom stereocenters. The average molecular weight is 228 g/mol. The second-order valence-corrected chi connectivity index (χ2v) is 3.56. The second kappa shape index (κ2) is 4.70. The first-order valence-electron chi connectivity index (χ1n) is 5.19. The SMILES string of the molecule is COC(=O)c1cccc(-c2ccccc2)c1O. The molecule has 0 aromatic heterocycles. The van der Waals surface area contributed by atoms with Crippen LogP contribution < -0.4 is 0 Å². The summed E-state index contributed by atoms with van der Waals surface area (Å²) in [6, 6.07) is 14.4. The van der Waals surface area contributed by atoms with Gasteiger partial charge in [-0.15, -0.1) is 0 Å². The van der Waals surface area contributed by atoms with E-state index >= 15 is 0 Å². The van der Waals surface area contributed by atoms with Crippen LogP contribution in [-0.4, -0.2) is 18.2 Å². The number of para-hydroxylation sites is 1. The molecule has 0 amide bonds. The fourth-order valence-corrected chi connectivity index (χ4v) is 1.67. The van der Waals surface area contributed by atoms with E-state index in [2.05, 4.69) is 4.74 Å². The zero-order valence-corrected chi connectivity index (χ0v) is 9.38. The van der Waals surface area contributed by atoms with Crippen LogP contribution in [0.5, 0.6) is 5.75 Å². The van der Waals surface area contributed by atoms with Crippen molar-refractivity contribution in [1.29, 1.82) is 0 Å². The highest BCUT2D eigenvalue weighted by atomic mass is 16.5. The highest BCUT2D eigenvalue weighted by Crippen LogP contribution is 2.32. The Kier molecular flexibility index (Phi) is 3.10. The third-order valence-corrected chi connectivity index (χ3v) is 2.53. The lowest BCUT2D eigenvalue weighted by Gasteiger charge is -2.08. The van der Waals surface area contributed by atoms with Crippen LogP contribution in [0.4, 0.5) is 0 Å². The van der Waals surface area contributed by atoms with E-state index in [1.165, 1.54) is 13.2 Å². The molecule has 0 spiro atoms. The number of carbonyl (C=O) groups excluding carboxylic acids is 1. The van der Waals surface area contributed by atoms with Gasteiger partial charge in [0.25, 0.3) is 0 Å². The van der Waals surface area contributed by atoms with Gasteiger partial charge in [-0.1, -0.05) is 42.5 Å². The highest BCUT2D eigenvalue weighted by Gasteiger charge is 2.14. The van der Waals surface area contributed by atoms with Gasteiger partial charge in [-0.05, 0) is 11.6 Å². The molecule has 2 rings (SSSR count). The molecule has 0 aliphatic rings. The largest absolute Gasteiger partial charge is 0.506 e. The Morgan fingerprint density at radius 2 is 1.76 bits per heavy atom. The number of benzene rings is 2. The molecule has 3 nitrogen and oxygen atoms in total. The van der Waals surface area contributed by atoms with E-state index in [1.54, 1.807) is 12.1 Å². The van der Waals surface area contributed by atoms with Gasteiger partial charge in [0, 0.05) is 5.56 Å². The number of carbonyl (C=O) groups is 1. The second-order valence-electron chi connectivity index (χ2n) is 3.56. The Hall–Kier alpha value is -2.29. The van der Waals surface area contributed by atoms with Gasteiger partial charge in [-0.3, -0.25) is 0 Å². The molecule has 2 aromatic rings. The van der Waals surface area contributed by atoms with Gasteiger partial charge in [-0.2, -0.15) is 0 Å². The Balaban J connectivity index is 2.54. The Morgan fingerprint density at radius 3 is 2.41 bits per heavy atom. The highest BCUT2D eigenvalue weighted by molar-refractivity contribution is 5.95. The van der Waals surface area contributed by atoms with Crippen molar-refractivity contribution in [2.75, 3.05) is 7.11 Å². The van der Waals surface area contributed by atoms with Crippen molar-refractivity contribution in [3.63, 3.8) is 0 Å². The lowest BCUT2D eigenvalue weighted by Crippen LogP contribution is -2.01. The number of ether oxygens (including phenoxy) is 1. The maximum Gasteiger partial charge on any atom is 0.341 e. The van der Waals surface area contributed by atoms with Gasteiger partial charge in [0.05, 0.1) is 7.11 Å². The van der Waals surface area contributed by atoms with E-state index in [4.69, 9.17) is 0 Å². The molecule has 0 aliphatic heterocycles. The third kappa shape index (κ3) is 2.13. The Bertz CT molecular complexity index is 532. The van der Waals surface area contributed by atoms with Crippen LogP contribution >= 0.6 is 0 Å². The lowest BCUT2D eigenvalue weighted by molar-refractivity contribution is 0.0597. The third-order valence-electron chi connectivity index (χ3n) is 2.53. The maximum atomic E-state index is 11.4. The van der Waals surface area contributed by atoms with Crippen molar-refractivity contribution in [2.45, 2.75) is 0 Å². The fraction of sp³-hybridized carbons (Fsp3) is 0.0714. The summed E-state index contributed by atoms with van der Waals surface area (Å²) >= 11 is 0. The number of phenols is 1. The van der Waals surface area contributed by atoms with Crippen molar-refractivity contribution < 1.29 is 14.6 Å². The molecule has 0 heterocycles. The molecule has 17 heavy (non-hydrogen) atoms. The molecule has 3 heteroatoms. The van der Waals surface area contributed by atoms with Crippen molar-refractivity contribution in [3.05, 3.63) is 54.1 Å². The number of rotatable bonds is 2. The van der Waals surface area contributed by atoms with E-state index in [0.717, 1.165) is 5.56 Å². The first-order valence-corrected chi connectivity index (χ1v) is 5.19. The van der Waals surface area contributed by atoms with E-state index in [0.29, 0.717) is 5.56 Å². The molecule has 0 radical (unpaired) electrons. The van der Waals surface area contributed by atoms with E-state index in [9.17, 15) is 9.90 Å². The van der Waals surface area contributed by atoms with Crippen LogP contribution in [0.1, 0.15) is 10.4 Å². The summed E-state index contributed by atoms with van der Waals surface area (Å²) in [5.41, 5.74) is 1.65. The number of aromatic hydroxyl groups is 1. The van der Waals surface area contributed by atoms with Crippen LogP contribution in [0.2, 0.25) is 0 Å². The zero-order valence-electron chi connectivity index (χ0n) is 9.38. The summed E-state index contributed by atoms with van der Waals surface area (Å²) in [6.07, 6.45) is 0. The normalized spacial score (nSPS) is 9.94. The van der Waals surface area contributed by atoms with Gasteiger partial charge >= 0.3 is 5.97 Å². The standard InChI is InChI=1S/C14H12O3/c1-17-14(16)12-9-5-8-11(13(12)15)10-6-3-2-4-7-10/h2-9,15H,1H3. The number of esters is 1. The van der Waals surface area contributed by atoms with Gasteiger partial charge in [0.2, 0.25) is 0 Å². The molecule has 0 unspecified atom stereocenters. The molecule has 2 aromatic carbocycles. The molecule has 0 saturated carbocycles. The molecular weight excluding hydrogens is 216 g/mol. The predicted octanol–water partition coefficient (Wildman–Crippen LogP) is 2.85. The van der Waals surface area contributed by atoms with Crippen molar-refractivity contribution in [3.8, 4) is 16.9 Å². The smallest absolute Gasteiger partial charge is 0.341 e. The van der Waals surface area contributed by atoms with E-state index < -0.39 is 5.97 Å². The number of hydrogen-bond acceptors (Lipinski definition) is 3. The molecule has 0 fully saturated rings. The lowest BCUT2D eigenvalue weighted by atomic mass is 10.0. The summed E-state index contributed by atoms with van der Waals surface area (Å²) in [7, 11) is 1.29. The van der Waals surface area contributed by atoms with Gasteiger partial charge in [0.1, 0.15) is 11.3 Å². The van der Waals surface area contributed by atoms with Crippen LogP contribution in [0.25, 0.3) is 11.1 Å². The Morgan fingerprint density at radius 1 is 1.06 bits per heavy atom. The summed E-state index contributed by atoms with van der Waals surface area (Å²) in [5, 5.41) is 10.0. The molecule has 0 saturated heterocycles. The molecule has 0 bridgehead atoms. The monoisotopic (exact) mass is 228 g/mol. The molecular formula is C14H12O3. The number of phenolic OH excluding ortho intramolecular Hbond substituents is 1. The molecule has 86 valence electrons. The number of hydrogen-bond donors (Lipinski definition) is 1. The van der Waals surface area contributed by atoms with Crippen LogP contribution in [-0.2, 0) is 4.74 Å². The van der Waals surface area contributed by atoms with Crippen LogP contribution in [0, 0.1) is 0 Å². The topological polar surface area (TPSA) is 46.5 Å². The van der Waals surface area contributed by atoms with Crippen molar-refractivity contribution >= 4 is 5.97 Å². The van der Waals surface area contributed by atoms with Gasteiger partial charge in [0.15, 0.2) is 0 Å². The van der Waals surface area contributed by atoms with Crippen molar-refractivity contribution in [1.82, 2.24) is 0 Å². The first kappa shape index (κ1) is 11.2. The first-order chi connectivity index (χ1) is 8.24. The fourth-order valence-electron chi connectivity index (χ4n) is 1.67. The van der Waals surface area contributed by atoms with E-state index in [1.807, 2.05) is 30.3 Å². The van der Waals surface area contributed by atoms with Crippen molar-refractivity contribution in [2.24, 2.45) is 0 Å². The van der Waals surface area contributed by atoms with Gasteiger partial charge in [-0.25, -0.2) is 4.79 Å². The van der Waals surface area contributed by atoms with E-state index in [-0.39, 0.29) is 11.3 Å². The summed E-state index contributed by atoms with van der Waals surface area (Å²) in [5.74, 6) is -0.592. The minimum Gasteiger partial charge on any atom is -0.506 e. The minimum absolute atomic E-state index is 0.0504. The predicted molar refractivity (Wildman–Crippen MR) is 64.9 cm³/mol. The van der Waals surface area contributed by atoms with Gasteiger partial charge < -0.3 is 9.84 Å². The quantitative estimate of drug-likeness (QED) is 0.804. The van der Waals surface area contributed by atoms with Crippen LogP contribution in [0.15, 0.2) is 48.5 Å². The Labute approximate surface area is 99.3 Å². The maximum absolute atomic E-state index is 11.4. The average Bonchev–Trinajstić information content (AvgIpc) is 2.39. The summed E-state index contributed by atoms with van der Waals surface area (Å²) in [6.45, 7) is 0. The number of methoxy groups -OCH3 is 1. The molecule has 1 N–H and O–H groups in total. The zero-order chi connectivity index (χ0) is 12.3. The minimum atomic E-state index is -0.541. The summed E-state index contributed by atoms with van der Waals surface area (Å²) < 4.78 is 4.61. The van der Waals surface area contributed by atoms with Crippen LogP contribution in [0.3, 0.4) is 0 Å². The molecule has 0 aliphatic carbocycles.